The molecule has 0 heterocycles. The summed E-state index contributed by atoms with van der Waals surface area (Å²) in [6.45, 7) is 9.38. The number of hydrogen-bond donors (Lipinski definition) is 0. The highest BCUT2D eigenvalue weighted by molar-refractivity contribution is 6.98. The van der Waals surface area contributed by atoms with Crippen LogP contribution < -0.4 is 5.19 Å². The van der Waals surface area contributed by atoms with Gasteiger partial charge in [-0.25, -0.2) is 0 Å². The molecule has 3 rings (SSSR count). The van der Waals surface area contributed by atoms with Crippen molar-refractivity contribution in [1.82, 2.24) is 0 Å². The second-order valence-electron chi connectivity index (χ2n) is 7.65. The zero-order valence-corrected chi connectivity index (χ0v) is 17.1. The third-order valence-electron chi connectivity index (χ3n) is 5.50. The summed E-state index contributed by atoms with van der Waals surface area (Å²) >= 11 is 0. The van der Waals surface area contributed by atoms with Crippen LogP contribution in [0.3, 0.4) is 0 Å². The molecule has 0 bridgehead atoms. The van der Waals surface area contributed by atoms with Crippen LogP contribution in [0.4, 0.5) is 0 Å². The van der Waals surface area contributed by atoms with Crippen molar-refractivity contribution in [3.05, 3.63) is 82.6 Å². The molecule has 0 radical (unpaired) electrons. The summed E-state index contributed by atoms with van der Waals surface area (Å²) in [6, 6.07) is 19.5. The second kappa shape index (κ2) is 7.57. The monoisotopic (exact) mass is 346 g/mol. The van der Waals surface area contributed by atoms with Crippen LogP contribution >= 0.6 is 0 Å². The Morgan fingerprint density at radius 3 is 2.24 bits per heavy atom. The molecule has 0 spiro atoms. The normalized spacial score (nSPS) is 16.3. The predicted octanol–water partition coefficient (Wildman–Crippen LogP) is 6.34. The maximum Gasteiger partial charge on any atom is 0.115 e. The van der Waals surface area contributed by atoms with Gasteiger partial charge in [-0.2, -0.15) is 0 Å². The lowest BCUT2D eigenvalue weighted by Gasteiger charge is -2.32. The molecule has 0 aliphatic heterocycles. The zero-order valence-electron chi connectivity index (χ0n) is 16.1. The predicted molar refractivity (Wildman–Crippen MR) is 114 cm³/mol. The molecule has 25 heavy (non-hydrogen) atoms. The van der Waals surface area contributed by atoms with Crippen molar-refractivity contribution in [3.63, 3.8) is 0 Å². The first-order valence-corrected chi connectivity index (χ1v) is 12.3. The number of unbranched alkanes of at least 4 members (excludes halogenated alkanes) is 1. The Bertz CT molecular complexity index is 778. The van der Waals surface area contributed by atoms with Crippen LogP contribution in [-0.2, 0) is 0 Å². The molecule has 0 amide bonds. The van der Waals surface area contributed by atoms with E-state index in [4.69, 9.17) is 0 Å². The Balaban J connectivity index is 2.08. The third kappa shape index (κ3) is 3.72. The van der Waals surface area contributed by atoms with Crippen molar-refractivity contribution in [2.24, 2.45) is 0 Å². The van der Waals surface area contributed by atoms with Gasteiger partial charge in [0.2, 0.25) is 0 Å². The molecule has 0 saturated carbocycles. The zero-order chi connectivity index (χ0) is 17.9. The third-order valence-corrected chi connectivity index (χ3v) is 10.1. The molecular weight excluding hydrogens is 316 g/mol. The number of aryl methyl sites for hydroxylation is 2. The van der Waals surface area contributed by atoms with Gasteiger partial charge in [0.15, 0.2) is 0 Å². The van der Waals surface area contributed by atoms with Crippen molar-refractivity contribution < 1.29 is 0 Å². The van der Waals surface area contributed by atoms with Gasteiger partial charge in [-0.05, 0) is 37.4 Å². The highest BCUT2D eigenvalue weighted by Gasteiger charge is 2.36. The molecule has 0 nitrogen and oxygen atoms in total. The van der Waals surface area contributed by atoms with Crippen LogP contribution in [0.1, 0.15) is 42.9 Å². The molecule has 2 aromatic rings. The molecule has 1 heteroatoms. The fraction of sp³-hybridized carbons (Fsp3) is 0.333. The van der Waals surface area contributed by atoms with Gasteiger partial charge >= 0.3 is 0 Å². The lowest BCUT2D eigenvalue weighted by Crippen LogP contribution is -2.47. The summed E-state index contributed by atoms with van der Waals surface area (Å²) in [5.41, 5.74) is 5.67. The van der Waals surface area contributed by atoms with Crippen LogP contribution in [0.2, 0.25) is 12.6 Å². The standard InChI is InChI=1S/C24H30Si/c1-5-6-15-25(4,22-17-19(2)16-20(3)18-22)24-14-10-13-23(24)21-11-8-7-9-12-21/h7-9,11-14,16-18H,5-6,10,15H2,1-4H3. The summed E-state index contributed by atoms with van der Waals surface area (Å²) in [4.78, 5) is 0. The van der Waals surface area contributed by atoms with Crippen LogP contribution in [0.5, 0.6) is 0 Å². The summed E-state index contributed by atoms with van der Waals surface area (Å²) < 4.78 is 0. The molecule has 1 atom stereocenters. The topological polar surface area (TPSA) is 0 Å². The van der Waals surface area contributed by atoms with Crippen molar-refractivity contribution in [2.75, 3.05) is 0 Å². The molecule has 130 valence electrons. The fourth-order valence-corrected chi connectivity index (χ4v) is 8.62. The highest BCUT2D eigenvalue weighted by atomic mass is 28.3. The van der Waals surface area contributed by atoms with E-state index in [1.165, 1.54) is 41.1 Å². The Morgan fingerprint density at radius 1 is 0.920 bits per heavy atom. The average molecular weight is 347 g/mol. The van der Waals surface area contributed by atoms with Crippen molar-refractivity contribution in [3.8, 4) is 0 Å². The van der Waals surface area contributed by atoms with Crippen molar-refractivity contribution >= 4 is 18.8 Å². The van der Waals surface area contributed by atoms with Crippen molar-refractivity contribution in [2.45, 2.75) is 52.6 Å². The molecule has 0 saturated heterocycles. The first kappa shape index (κ1) is 17.9. The number of hydrogen-bond acceptors (Lipinski definition) is 0. The number of benzene rings is 2. The number of allylic oxidation sites excluding steroid dienone is 4. The van der Waals surface area contributed by atoms with Gasteiger partial charge in [0.25, 0.3) is 0 Å². The first-order valence-electron chi connectivity index (χ1n) is 9.60. The Hall–Kier alpha value is -1.86. The Labute approximate surface area is 154 Å². The van der Waals surface area contributed by atoms with Crippen LogP contribution in [-0.4, -0.2) is 8.07 Å². The van der Waals surface area contributed by atoms with E-state index in [0.29, 0.717) is 0 Å². The lowest BCUT2D eigenvalue weighted by molar-refractivity contribution is 0.871. The van der Waals surface area contributed by atoms with Crippen LogP contribution in [0.15, 0.2) is 65.9 Å². The number of rotatable bonds is 6. The molecular formula is C24H30Si. The van der Waals surface area contributed by atoms with Crippen LogP contribution in [0, 0.1) is 13.8 Å². The summed E-state index contributed by atoms with van der Waals surface area (Å²) in [7, 11) is -1.73. The minimum absolute atomic E-state index is 1.08. The molecule has 0 fully saturated rings. The minimum Gasteiger partial charge on any atom is -0.0804 e. The van der Waals surface area contributed by atoms with E-state index in [1.807, 2.05) is 0 Å². The van der Waals surface area contributed by atoms with E-state index < -0.39 is 8.07 Å². The van der Waals surface area contributed by atoms with E-state index in [2.05, 4.69) is 88.0 Å². The van der Waals surface area contributed by atoms with E-state index in [9.17, 15) is 0 Å². The molecule has 0 N–H and O–H groups in total. The quantitative estimate of drug-likeness (QED) is 0.535. The SMILES string of the molecule is CCCC[Si](C)(C1=CCC=C1c1ccccc1)c1cc(C)cc(C)c1. The van der Waals surface area contributed by atoms with Gasteiger partial charge in [0, 0.05) is 0 Å². The minimum atomic E-state index is -1.73. The smallest absolute Gasteiger partial charge is 0.0804 e. The maximum absolute atomic E-state index is 2.59. The Morgan fingerprint density at radius 2 is 1.60 bits per heavy atom. The molecule has 1 unspecified atom stereocenters. The molecule has 1 aliphatic carbocycles. The average Bonchev–Trinajstić information content (AvgIpc) is 3.10. The van der Waals surface area contributed by atoms with E-state index >= 15 is 0 Å². The summed E-state index contributed by atoms with van der Waals surface area (Å²) in [5.74, 6) is 0. The second-order valence-corrected chi connectivity index (χ2v) is 11.9. The van der Waals surface area contributed by atoms with Gasteiger partial charge in [-0.15, -0.1) is 0 Å². The Kier molecular flexibility index (Phi) is 5.44. The van der Waals surface area contributed by atoms with Gasteiger partial charge in [0.1, 0.15) is 8.07 Å². The van der Waals surface area contributed by atoms with Crippen LogP contribution in [0.25, 0.3) is 5.57 Å². The molecule has 0 aromatic heterocycles. The summed E-state index contributed by atoms with van der Waals surface area (Å²) in [6.07, 6.45) is 8.62. The van der Waals surface area contributed by atoms with Gasteiger partial charge < -0.3 is 0 Å². The van der Waals surface area contributed by atoms with E-state index in [-0.39, 0.29) is 0 Å². The maximum atomic E-state index is 2.59. The van der Waals surface area contributed by atoms with Gasteiger partial charge in [0.05, 0.1) is 0 Å². The van der Waals surface area contributed by atoms with E-state index in [0.717, 1.165) is 6.42 Å². The van der Waals surface area contributed by atoms with Crippen molar-refractivity contribution in [1.29, 1.82) is 0 Å². The fourth-order valence-electron chi connectivity index (χ4n) is 4.19. The lowest BCUT2D eigenvalue weighted by atomic mass is 10.1. The molecule has 1 aliphatic rings. The summed E-state index contributed by atoms with van der Waals surface area (Å²) in [5, 5.41) is 3.26. The van der Waals surface area contributed by atoms with Gasteiger partial charge in [-0.1, -0.05) is 109 Å². The highest BCUT2D eigenvalue weighted by Crippen LogP contribution is 2.38. The van der Waals surface area contributed by atoms with Gasteiger partial charge in [-0.3, -0.25) is 0 Å². The largest absolute Gasteiger partial charge is 0.115 e. The molecule has 2 aromatic carbocycles. The van der Waals surface area contributed by atoms with E-state index in [1.54, 1.807) is 10.4 Å². The first-order chi connectivity index (χ1) is 12.0.